The van der Waals surface area contributed by atoms with Gasteiger partial charge in [0.15, 0.2) is 0 Å². The van der Waals surface area contributed by atoms with Crippen LogP contribution < -0.4 is 10.6 Å². The van der Waals surface area contributed by atoms with E-state index in [2.05, 4.69) is 10.6 Å². The number of thioether (sulfide) groups is 1. The van der Waals surface area contributed by atoms with Gasteiger partial charge in [0.1, 0.15) is 12.4 Å². The molecule has 0 saturated heterocycles. The first-order valence-corrected chi connectivity index (χ1v) is 12.5. The Labute approximate surface area is 193 Å². The molecule has 0 spiro atoms. The first-order valence-electron chi connectivity index (χ1n) is 11.3. The lowest BCUT2D eigenvalue weighted by molar-refractivity contribution is -0.125. The number of hydrogen-bond acceptors (Lipinski definition) is 4. The monoisotopic (exact) mass is 450 g/mol. The number of fused-ring (bicyclic) bond motifs is 1. The third-order valence-electron chi connectivity index (χ3n) is 6.01. The summed E-state index contributed by atoms with van der Waals surface area (Å²) in [6, 6.07) is 15.7. The van der Waals surface area contributed by atoms with Crippen LogP contribution in [0.4, 0.5) is 5.69 Å². The Hall–Kier alpha value is -2.80. The van der Waals surface area contributed by atoms with Crippen molar-refractivity contribution in [3.63, 3.8) is 0 Å². The van der Waals surface area contributed by atoms with Crippen LogP contribution in [-0.2, 0) is 22.6 Å². The number of aromatic nitrogens is 2. The van der Waals surface area contributed by atoms with Gasteiger partial charge in [0.25, 0.3) is 0 Å². The lowest BCUT2D eigenvalue weighted by Gasteiger charge is -2.20. The second-order valence-electron chi connectivity index (χ2n) is 8.26. The molecule has 4 rings (SSSR count). The highest BCUT2D eigenvalue weighted by Crippen LogP contribution is 2.24. The van der Waals surface area contributed by atoms with E-state index in [-0.39, 0.29) is 24.3 Å². The highest BCUT2D eigenvalue weighted by molar-refractivity contribution is 7.98. The van der Waals surface area contributed by atoms with Crippen molar-refractivity contribution in [2.75, 3.05) is 18.1 Å². The molecule has 0 aliphatic heterocycles. The molecule has 0 atom stereocenters. The van der Waals surface area contributed by atoms with Gasteiger partial charge in [-0.1, -0.05) is 37.5 Å². The molecule has 0 bridgehead atoms. The fourth-order valence-corrected chi connectivity index (χ4v) is 4.80. The van der Waals surface area contributed by atoms with Gasteiger partial charge in [-0.15, -0.1) is 11.8 Å². The van der Waals surface area contributed by atoms with Gasteiger partial charge in [0.05, 0.1) is 11.0 Å². The lowest BCUT2D eigenvalue weighted by atomic mass is 9.89. The number of carbonyl (C=O) groups excluding carboxylic acids is 2. The summed E-state index contributed by atoms with van der Waals surface area (Å²) in [5.41, 5.74) is 2.57. The van der Waals surface area contributed by atoms with Crippen LogP contribution in [0, 0.1) is 5.92 Å². The van der Waals surface area contributed by atoms with Crippen LogP contribution in [0.3, 0.4) is 0 Å². The van der Waals surface area contributed by atoms with E-state index in [1.54, 1.807) is 11.8 Å². The van der Waals surface area contributed by atoms with Gasteiger partial charge in [-0.25, -0.2) is 4.98 Å². The maximum atomic E-state index is 12.8. The highest BCUT2D eigenvalue weighted by atomic mass is 32.2. The molecular formula is C25H30N4O2S. The Bertz CT molecular complexity index is 1090. The Kier molecular flexibility index (Phi) is 7.47. The number of nitrogens with one attached hydrogen (secondary N) is 2. The molecule has 2 aromatic carbocycles. The third-order valence-corrected chi connectivity index (χ3v) is 6.74. The van der Waals surface area contributed by atoms with Crippen molar-refractivity contribution in [1.29, 1.82) is 0 Å². The van der Waals surface area contributed by atoms with Crippen molar-refractivity contribution in [1.82, 2.24) is 14.9 Å². The molecule has 1 fully saturated rings. The minimum Gasteiger partial charge on any atom is -0.355 e. The summed E-state index contributed by atoms with van der Waals surface area (Å²) in [4.78, 5) is 31.1. The Balaban J connectivity index is 1.43. The Morgan fingerprint density at radius 2 is 1.91 bits per heavy atom. The second-order valence-corrected chi connectivity index (χ2v) is 9.14. The minimum atomic E-state index is -0.0982. The molecule has 1 aliphatic rings. The summed E-state index contributed by atoms with van der Waals surface area (Å²) in [5.74, 6) is 1.01. The molecule has 32 heavy (non-hydrogen) atoms. The first kappa shape index (κ1) is 22.4. The topological polar surface area (TPSA) is 76.0 Å². The second kappa shape index (κ2) is 10.7. The number of anilines is 1. The van der Waals surface area contributed by atoms with Crippen molar-refractivity contribution in [3.8, 4) is 0 Å². The van der Waals surface area contributed by atoms with Gasteiger partial charge in [-0.2, -0.15) is 0 Å². The number of carbonyl (C=O) groups is 2. The fraction of sp³-hybridized carbons (Fsp3) is 0.400. The summed E-state index contributed by atoms with van der Waals surface area (Å²) >= 11 is 1.64. The number of amides is 2. The molecule has 3 aromatic rings. The van der Waals surface area contributed by atoms with E-state index in [1.165, 1.54) is 6.42 Å². The Morgan fingerprint density at radius 1 is 1.09 bits per heavy atom. The molecule has 1 aliphatic carbocycles. The summed E-state index contributed by atoms with van der Waals surface area (Å²) in [5, 5.41) is 6.08. The summed E-state index contributed by atoms with van der Waals surface area (Å²) in [7, 11) is 0. The van der Waals surface area contributed by atoms with E-state index in [1.807, 2.05) is 59.4 Å². The van der Waals surface area contributed by atoms with Crippen LogP contribution in [0.15, 0.2) is 53.4 Å². The van der Waals surface area contributed by atoms with Gasteiger partial charge in [0, 0.05) is 29.5 Å². The van der Waals surface area contributed by atoms with Crippen LogP contribution in [0.2, 0.25) is 0 Å². The molecule has 6 nitrogen and oxygen atoms in total. The number of para-hydroxylation sites is 2. The summed E-state index contributed by atoms with van der Waals surface area (Å²) in [6.07, 6.45) is 8.09. The summed E-state index contributed by atoms with van der Waals surface area (Å²) in [6.45, 7) is 0.700. The molecule has 0 radical (unpaired) electrons. The van der Waals surface area contributed by atoms with Crippen LogP contribution >= 0.6 is 11.8 Å². The number of benzene rings is 2. The fourth-order valence-electron chi connectivity index (χ4n) is 4.34. The SMILES string of the molecule is CSc1cccc(NC(=O)Cn2c(CCNC(=O)C3CCCCC3)nc3ccccc32)c1. The highest BCUT2D eigenvalue weighted by Gasteiger charge is 2.21. The zero-order valence-corrected chi connectivity index (χ0v) is 19.3. The van der Waals surface area contributed by atoms with E-state index in [9.17, 15) is 9.59 Å². The van der Waals surface area contributed by atoms with Crippen molar-refractivity contribution >= 4 is 40.3 Å². The van der Waals surface area contributed by atoms with Gasteiger partial charge in [0.2, 0.25) is 11.8 Å². The van der Waals surface area contributed by atoms with Crippen LogP contribution in [0.5, 0.6) is 0 Å². The molecule has 2 N–H and O–H groups in total. The van der Waals surface area contributed by atoms with Gasteiger partial charge in [-0.05, 0) is 49.4 Å². The predicted molar refractivity (Wildman–Crippen MR) is 130 cm³/mol. The number of imidazole rings is 1. The average Bonchev–Trinajstić information content (AvgIpc) is 3.16. The molecular weight excluding hydrogens is 420 g/mol. The summed E-state index contributed by atoms with van der Waals surface area (Å²) < 4.78 is 1.95. The molecule has 1 saturated carbocycles. The zero-order valence-electron chi connectivity index (χ0n) is 18.5. The molecule has 0 unspecified atom stereocenters. The molecule has 2 amide bonds. The van der Waals surface area contributed by atoms with Crippen molar-refractivity contribution < 1.29 is 9.59 Å². The predicted octanol–water partition coefficient (Wildman–Crippen LogP) is 4.64. The van der Waals surface area contributed by atoms with Crippen molar-refractivity contribution in [3.05, 3.63) is 54.4 Å². The molecule has 168 valence electrons. The van der Waals surface area contributed by atoms with E-state index >= 15 is 0 Å². The maximum Gasteiger partial charge on any atom is 0.244 e. The van der Waals surface area contributed by atoms with Crippen LogP contribution in [-0.4, -0.2) is 34.2 Å². The molecule has 1 aromatic heterocycles. The Morgan fingerprint density at radius 3 is 2.72 bits per heavy atom. The quantitative estimate of drug-likeness (QED) is 0.491. The minimum absolute atomic E-state index is 0.0982. The standard InChI is InChI=1S/C25H30N4O2S/c1-32-20-11-7-10-19(16-20)27-24(30)17-29-22-13-6-5-12-21(22)28-23(29)14-15-26-25(31)18-8-3-2-4-9-18/h5-7,10-13,16,18H,2-4,8-9,14-15,17H2,1H3,(H,26,31)(H,27,30). The van der Waals surface area contributed by atoms with Gasteiger partial charge in [-0.3, -0.25) is 9.59 Å². The van der Waals surface area contributed by atoms with Crippen LogP contribution in [0.1, 0.15) is 37.9 Å². The number of hydrogen-bond donors (Lipinski definition) is 2. The molecule has 7 heteroatoms. The van der Waals surface area contributed by atoms with Gasteiger partial charge >= 0.3 is 0 Å². The van der Waals surface area contributed by atoms with Crippen molar-refractivity contribution in [2.24, 2.45) is 5.92 Å². The smallest absolute Gasteiger partial charge is 0.244 e. The third kappa shape index (κ3) is 5.51. The lowest BCUT2D eigenvalue weighted by Crippen LogP contribution is -2.33. The van der Waals surface area contributed by atoms with Gasteiger partial charge < -0.3 is 15.2 Å². The van der Waals surface area contributed by atoms with E-state index in [0.29, 0.717) is 13.0 Å². The van der Waals surface area contributed by atoms with E-state index < -0.39 is 0 Å². The normalized spacial score (nSPS) is 14.4. The number of nitrogens with zero attached hydrogens (tertiary/aromatic N) is 2. The number of rotatable bonds is 8. The van der Waals surface area contributed by atoms with Crippen LogP contribution in [0.25, 0.3) is 11.0 Å². The average molecular weight is 451 g/mol. The van der Waals surface area contributed by atoms with E-state index in [4.69, 9.17) is 4.98 Å². The largest absolute Gasteiger partial charge is 0.355 e. The van der Waals surface area contributed by atoms with E-state index in [0.717, 1.165) is 53.1 Å². The zero-order chi connectivity index (χ0) is 22.3. The molecule has 1 heterocycles. The maximum absolute atomic E-state index is 12.8. The van der Waals surface area contributed by atoms with Crippen molar-refractivity contribution in [2.45, 2.75) is 50.0 Å². The first-order chi connectivity index (χ1) is 15.6.